The summed E-state index contributed by atoms with van der Waals surface area (Å²) in [7, 11) is 0. The van der Waals surface area contributed by atoms with Crippen molar-refractivity contribution >= 4 is 0 Å². The van der Waals surface area contributed by atoms with Crippen LogP contribution in [0.15, 0.2) is 103 Å². The molecule has 110 valence electrons. The Balaban J connectivity index is 1.97. The van der Waals surface area contributed by atoms with E-state index < -0.39 is 0 Å². The van der Waals surface area contributed by atoms with Crippen molar-refractivity contribution in [3.8, 4) is 22.3 Å². The summed E-state index contributed by atoms with van der Waals surface area (Å²) in [6.45, 7) is 0. The van der Waals surface area contributed by atoms with Gasteiger partial charge in [0.05, 0.1) is 0 Å². The highest BCUT2D eigenvalue weighted by Gasteiger charge is 2.18. The van der Waals surface area contributed by atoms with Crippen molar-refractivity contribution < 1.29 is 0 Å². The average molecular weight is 294 g/mol. The fourth-order valence-corrected chi connectivity index (χ4v) is 3.29. The summed E-state index contributed by atoms with van der Waals surface area (Å²) in [5.41, 5.74) is 6.55. The Hall–Kier alpha value is -2.86. The summed E-state index contributed by atoms with van der Waals surface area (Å²) in [5, 5.41) is 0. The second-order valence-corrected chi connectivity index (χ2v) is 5.79. The Morgan fingerprint density at radius 3 is 1.43 bits per heavy atom. The van der Waals surface area contributed by atoms with Gasteiger partial charge in [-0.2, -0.15) is 0 Å². The summed E-state index contributed by atoms with van der Waals surface area (Å²) in [6.07, 6.45) is 8.82. The van der Waals surface area contributed by atoms with Gasteiger partial charge in [0.15, 0.2) is 0 Å². The van der Waals surface area contributed by atoms with Crippen molar-refractivity contribution in [1.82, 2.24) is 0 Å². The summed E-state index contributed by atoms with van der Waals surface area (Å²) >= 11 is 0. The third kappa shape index (κ3) is 2.64. The summed E-state index contributed by atoms with van der Waals surface area (Å²) < 4.78 is 0. The first-order chi connectivity index (χ1) is 11.4. The Bertz CT molecular complexity index is 785. The molecule has 0 aliphatic heterocycles. The van der Waals surface area contributed by atoms with Crippen LogP contribution in [0.5, 0.6) is 0 Å². The molecule has 4 rings (SSSR count). The van der Waals surface area contributed by atoms with Gasteiger partial charge in [-0.15, -0.1) is 0 Å². The van der Waals surface area contributed by atoms with Crippen molar-refractivity contribution in [2.75, 3.05) is 0 Å². The van der Waals surface area contributed by atoms with Crippen LogP contribution in [0.25, 0.3) is 22.3 Å². The van der Waals surface area contributed by atoms with Crippen LogP contribution in [-0.4, -0.2) is 0 Å². The molecule has 0 N–H and O–H groups in total. The molecule has 0 fully saturated rings. The number of allylic oxidation sites excluding steroid dienone is 4. The van der Waals surface area contributed by atoms with E-state index in [0.717, 1.165) is 0 Å². The molecule has 1 aliphatic rings. The smallest absolute Gasteiger partial charge is 0.0217 e. The van der Waals surface area contributed by atoms with E-state index in [2.05, 4.69) is 103 Å². The summed E-state index contributed by atoms with van der Waals surface area (Å²) in [4.78, 5) is 0. The van der Waals surface area contributed by atoms with Crippen LogP contribution >= 0.6 is 0 Å². The minimum absolute atomic E-state index is 0.335. The lowest BCUT2D eigenvalue weighted by molar-refractivity contribution is 1.11. The third-order valence-corrected chi connectivity index (χ3v) is 4.36. The number of hydrogen-bond acceptors (Lipinski definition) is 0. The van der Waals surface area contributed by atoms with Crippen LogP contribution in [0.4, 0.5) is 0 Å². The first-order valence-corrected chi connectivity index (χ1v) is 8.02. The van der Waals surface area contributed by atoms with E-state index >= 15 is 0 Å². The zero-order valence-electron chi connectivity index (χ0n) is 12.9. The lowest BCUT2D eigenvalue weighted by Gasteiger charge is -2.19. The monoisotopic (exact) mass is 294 g/mol. The minimum atomic E-state index is 0.335. The highest BCUT2D eigenvalue weighted by atomic mass is 14.2. The molecule has 0 amide bonds. The molecular weight excluding hydrogens is 276 g/mol. The van der Waals surface area contributed by atoms with Gasteiger partial charge in [-0.05, 0) is 27.8 Å². The number of hydrogen-bond donors (Lipinski definition) is 0. The maximum Gasteiger partial charge on any atom is 0.0217 e. The quantitative estimate of drug-likeness (QED) is 0.537. The lowest BCUT2D eigenvalue weighted by atomic mass is 9.85. The molecule has 0 saturated heterocycles. The summed E-state index contributed by atoms with van der Waals surface area (Å²) in [6, 6.07) is 28.0. The Morgan fingerprint density at radius 1 is 0.478 bits per heavy atom. The number of benzene rings is 3. The fraction of sp³-hybridized carbons (Fsp3) is 0.0435. The van der Waals surface area contributed by atoms with E-state index in [1.54, 1.807) is 0 Å². The molecule has 0 unspecified atom stereocenters. The maximum atomic E-state index is 2.27. The lowest BCUT2D eigenvalue weighted by Crippen LogP contribution is -1.98. The molecule has 23 heavy (non-hydrogen) atoms. The van der Waals surface area contributed by atoms with Gasteiger partial charge in [0.25, 0.3) is 0 Å². The van der Waals surface area contributed by atoms with Crippen molar-refractivity contribution in [2.45, 2.75) is 5.92 Å². The molecule has 0 heteroatoms. The Kier molecular flexibility index (Phi) is 3.65. The van der Waals surface area contributed by atoms with Crippen LogP contribution in [0.2, 0.25) is 0 Å². The first-order valence-electron chi connectivity index (χ1n) is 8.02. The average Bonchev–Trinajstić information content (AvgIpc) is 3.17. The molecular formula is C23H18. The topological polar surface area (TPSA) is 0 Å². The SMILES string of the molecule is C1=CC(c2c(-c3ccccc3)cccc2-c2ccccc2)C=C1. The second-order valence-electron chi connectivity index (χ2n) is 5.79. The highest BCUT2D eigenvalue weighted by molar-refractivity contribution is 5.80. The van der Waals surface area contributed by atoms with E-state index in [-0.39, 0.29) is 0 Å². The van der Waals surface area contributed by atoms with Crippen LogP contribution in [0.1, 0.15) is 11.5 Å². The van der Waals surface area contributed by atoms with Crippen molar-refractivity contribution in [3.63, 3.8) is 0 Å². The van der Waals surface area contributed by atoms with Gasteiger partial charge in [-0.1, -0.05) is 103 Å². The molecule has 3 aromatic rings. The fourth-order valence-electron chi connectivity index (χ4n) is 3.29. The van der Waals surface area contributed by atoms with Crippen LogP contribution in [0.3, 0.4) is 0 Å². The predicted molar refractivity (Wildman–Crippen MR) is 98.3 cm³/mol. The molecule has 0 radical (unpaired) electrons. The van der Waals surface area contributed by atoms with Crippen LogP contribution in [-0.2, 0) is 0 Å². The normalized spacial score (nSPS) is 13.6. The van der Waals surface area contributed by atoms with E-state index in [0.29, 0.717) is 5.92 Å². The molecule has 0 saturated carbocycles. The zero-order valence-corrected chi connectivity index (χ0v) is 12.9. The predicted octanol–water partition coefficient (Wildman–Crippen LogP) is 6.23. The summed E-state index contributed by atoms with van der Waals surface area (Å²) in [5.74, 6) is 0.335. The minimum Gasteiger partial charge on any atom is -0.0732 e. The molecule has 0 spiro atoms. The molecule has 0 nitrogen and oxygen atoms in total. The van der Waals surface area contributed by atoms with Gasteiger partial charge in [0.2, 0.25) is 0 Å². The molecule has 3 aromatic carbocycles. The third-order valence-electron chi connectivity index (χ3n) is 4.36. The highest BCUT2D eigenvalue weighted by Crippen LogP contribution is 2.39. The van der Waals surface area contributed by atoms with E-state index in [1.807, 2.05) is 0 Å². The van der Waals surface area contributed by atoms with E-state index in [9.17, 15) is 0 Å². The van der Waals surface area contributed by atoms with E-state index in [4.69, 9.17) is 0 Å². The number of rotatable bonds is 3. The molecule has 1 aliphatic carbocycles. The largest absolute Gasteiger partial charge is 0.0732 e. The molecule has 0 atom stereocenters. The zero-order chi connectivity index (χ0) is 15.5. The van der Waals surface area contributed by atoms with Gasteiger partial charge in [-0.3, -0.25) is 0 Å². The van der Waals surface area contributed by atoms with Crippen molar-refractivity contribution in [1.29, 1.82) is 0 Å². The molecule has 0 heterocycles. The first kappa shape index (κ1) is 13.8. The van der Waals surface area contributed by atoms with Crippen molar-refractivity contribution in [2.24, 2.45) is 0 Å². The van der Waals surface area contributed by atoms with Crippen molar-refractivity contribution in [3.05, 3.63) is 109 Å². The van der Waals surface area contributed by atoms with Gasteiger partial charge < -0.3 is 0 Å². The van der Waals surface area contributed by atoms with Crippen LogP contribution in [0, 0.1) is 0 Å². The standard InChI is InChI=1S/C23H18/c1-3-10-18(11-4-1)21-16-9-17-22(19-12-5-2-6-13-19)23(21)20-14-7-8-15-20/h1-17,20H. The Labute approximate surface area is 137 Å². The van der Waals surface area contributed by atoms with Crippen LogP contribution < -0.4 is 0 Å². The van der Waals surface area contributed by atoms with Gasteiger partial charge >= 0.3 is 0 Å². The Morgan fingerprint density at radius 2 is 0.957 bits per heavy atom. The second kappa shape index (κ2) is 6.10. The van der Waals surface area contributed by atoms with Gasteiger partial charge in [0.1, 0.15) is 0 Å². The van der Waals surface area contributed by atoms with E-state index in [1.165, 1.54) is 27.8 Å². The molecule has 0 bridgehead atoms. The van der Waals surface area contributed by atoms with Gasteiger partial charge in [0, 0.05) is 5.92 Å². The van der Waals surface area contributed by atoms with Gasteiger partial charge in [-0.25, -0.2) is 0 Å². The maximum absolute atomic E-state index is 2.27. The molecule has 0 aromatic heterocycles.